The van der Waals surface area contributed by atoms with Gasteiger partial charge in [-0.3, -0.25) is 4.79 Å². The Hall–Kier alpha value is -2.30. The van der Waals surface area contributed by atoms with Crippen molar-refractivity contribution in [3.63, 3.8) is 0 Å². The van der Waals surface area contributed by atoms with Gasteiger partial charge in [0, 0.05) is 11.6 Å². The summed E-state index contributed by atoms with van der Waals surface area (Å²) in [6.45, 7) is 2.28. The molecule has 0 bridgehead atoms. The first kappa shape index (κ1) is 17.5. The maximum atomic E-state index is 12.5. The van der Waals surface area contributed by atoms with Crippen LogP contribution in [0.2, 0.25) is 10.2 Å². The lowest BCUT2D eigenvalue weighted by Crippen LogP contribution is -2.26. The van der Waals surface area contributed by atoms with Gasteiger partial charge in [-0.15, -0.1) is 0 Å². The Labute approximate surface area is 156 Å². The number of para-hydroxylation sites is 1. The van der Waals surface area contributed by atoms with Crippen molar-refractivity contribution in [2.45, 2.75) is 13.3 Å². The number of nitrogens with one attached hydrogen (secondary N) is 1. The number of hydrogen-bond acceptors (Lipinski definition) is 2. The maximum Gasteiger partial charge on any atom is 0.256 e. The molecule has 1 amide bonds. The van der Waals surface area contributed by atoms with E-state index in [4.69, 9.17) is 23.2 Å². The molecule has 0 saturated heterocycles. The van der Waals surface area contributed by atoms with Crippen molar-refractivity contribution in [3.05, 3.63) is 81.6 Å². The number of amides is 1. The zero-order chi connectivity index (χ0) is 17.8. The normalized spacial score (nSPS) is 10.7. The molecule has 0 fully saturated rings. The molecule has 0 aliphatic rings. The quantitative estimate of drug-likeness (QED) is 0.717. The van der Waals surface area contributed by atoms with Crippen LogP contribution >= 0.6 is 23.2 Å². The van der Waals surface area contributed by atoms with Crippen molar-refractivity contribution >= 4 is 29.1 Å². The third-order valence-corrected chi connectivity index (χ3v) is 4.45. The van der Waals surface area contributed by atoms with Crippen molar-refractivity contribution in [1.82, 2.24) is 15.1 Å². The van der Waals surface area contributed by atoms with Crippen molar-refractivity contribution in [2.75, 3.05) is 6.54 Å². The van der Waals surface area contributed by atoms with Gasteiger partial charge < -0.3 is 5.32 Å². The van der Waals surface area contributed by atoms with Gasteiger partial charge in [-0.2, -0.15) is 5.10 Å². The third-order valence-electron chi connectivity index (χ3n) is 3.84. The second-order valence-corrected chi connectivity index (χ2v) is 6.43. The van der Waals surface area contributed by atoms with E-state index in [0.717, 1.165) is 11.3 Å². The first-order chi connectivity index (χ1) is 12.1. The first-order valence-corrected chi connectivity index (χ1v) is 8.65. The lowest BCUT2D eigenvalue weighted by Gasteiger charge is -2.06. The Balaban J connectivity index is 1.70. The van der Waals surface area contributed by atoms with Crippen molar-refractivity contribution in [1.29, 1.82) is 0 Å². The number of aromatic nitrogens is 2. The summed E-state index contributed by atoms with van der Waals surface area (Å²) in [5.74, 6) is -0.223. The van der Waals surface area contributed by atoms with Gasteiger partial charge in [0.1, 0.15) is 5.15 Å². The average Bonchev–Trinajstić information content (AvgIpc) is 2.92. The van der Waals surface area contributed by atoms with E-state index >= 15 is 0 Å². The summed E-state index contributed by atoms with van der Waals surface area (Å²) in [4.78, 5) is 12.5. The highest BCUT2D eigenvalue weighted by molar-refractivity contribution is 6.33. The maximum absolute atomic E-state index is 12.5. The molecule has 0 aliphatic carbocycles. The van der Waals surface area contributed by atoms with Crippen molar-refractivity contribution in [2.24, 2.45) is 0 Å². The van der Waals surface area contributed by atoms with E-state index in [9.17, 15) is 4.79 Å². The van der Waals surface area contributed by atoms with Crippen LogP contribution in [0.4, 0.5) is 0 Å². The number of carbonyl (C=O) groups excluding carboxylic acids is 1. The molecule has 3 rings (SSSR count). The predicted molar refractivity (Wildman–Crippen MR) is 101 cm³/mol. The zero-order valence-corrected chi connectivity index (χ0v) is 15.2. The number of aryl methyl sites for hydroxylation is 1. The molecular weight excluding hydrogens is 357 g/mol. The molecule has 1 N–H and O–H groups in total. The fourth-order valence-electron chi connectivity index (χ4n) is 2.56. The standard InChI is InChI=1S/C19H17Cl2N3O/c1-13-17(18(21)24(23-13)16-5-3-2-4-6-16)19(25)22-12-11-14-7-9-15(20)10-8-14/h2-10H,11-12H2,1H3,(H,22,25). The van der Waals surface area contributed by atoms with E-state index in [2.05, 4.69) is 10.4 Å². The fraction of sp³-hybridized carbons (Fsp3) is 0.158. The molecule has 128 valence electrons. The van der Waals surface area contributed by atoms with Crippen LogP contribution in [0.15, 0.2) is 54.6 Å². The van der Waals surface area contributed by atoms with Crippen LogP contribution in [0.25, 0.3) is 5.69 Å². The Kier molecular flexibility index (Phi) is 5.41. The minimum atomic E-state index is -0.223. The molecule has 4 nitrogen and oxygen atoms in total. The zero-order valence-electron chi connectivity index (χ0n) is 13.7. The highest BCUT2D eigenvalue weighted by Crippen LogP contribution is 2.23. The predicted octanol–water partition coefficient (Wildman–Crippen LogP) is 4.46. The minimum absolute atomic E-state index is 0.223. The summed E-state index contributed by atoms with van der Waals surface area (Å²) < 4.78 is 1.57. The van der Waals surface area contributed by atoms with Crippen LogP contribution in [-0.2, 0) is 6.42 Å². The summed E-state index contributed by atoms with van der Waals surface area (Å²) in [7, 11) is 0. The molecular formula is C19H17Cl2N3O. The van der Waals surface area contributed by atoms with Crippen LogP contribution in [0.5, 0.6) is 0 Å². The van der Waals surface area contributed by atoms with Crippen LogP contribution in [-0.4, -0.2) is 22.2 Å². The van der Waals surface area contributed by atoms with E-state index in [1.807, 2.05) is 54.6 Å². The van der Waals surface area contributed by atoms with Crippen LogP contribution < -0.4 is 5.32 Å². The number of rotatable bonds is 5. The van der Waals surface area contributed by atoms with Crippen LogP contribution in [0, 0.1) is 6.92 Å². The molecule has 0 aliphatic heterocycles. The molecule has 0 radical (unpaired) electrons. The lowest BCUT2D eigenvalue weighted by atomic mass is 10.1. The van der Waals surface area contributed by atoms with Gasteiger partial charge in [-0.05, 0) is 43.2 Å². The molecule has 0 atom stereocenters. The smallest absolute Gasteiger partial charge is 0.256 e. The fourth-order valence-corrected chi connectivity index (χ4v) is 3.04. The molecule has 6 heteroatoms. The summed E-state index contributed by atoms with van der Waals surface area (Å²) in [5.41, 5.74) is 2.92. The van der Waals surface area contributed by atoms with Gasteiger partial charge in [0.25, 0.3) is 5.91 Å². The van der Waals surface area contributed by atoms with Gasteiger partial charge in [0.15, 0.2) is 0 Å². The molecule has 0 spiro atoms. The molecule has 25 heavy (non-hydrogen) atoms. The average molecular weight is 374 g/mol. The number of halogens is 2. The number of nitrogens with zero attached hydrogens (tertiary/aromatic N) is 2. The van der Waals surface area contributed by atoms with E-state index in [1.54, 1.807) is 11.6 Å². The number of hydrogen-bond donors (Lipinski definition) is 1. The largest absolute Gasteiger partial charge is 0.352 e. The highest BCUT2D eigenvalue weighted by Gasteiger charge is 2.20. The second kappa shape index (κ2) is 7.72. The van der Waals surface area contributed by atoms with Crippen LogP contribution in [0.1, 0.15) is 21.6 Å². The van der Waals surface area contributed by atoms with Gasteiger partial charge in [-0.1, -0.05) is 53.5 Å². The molecule has 1 heterocycles. The van der Waals surface area contributed by atoms with E-state index in [-0.39, 0.29) is 5.91 Å². The number of carbonyl (C=O) groups is 1. The Morgan fingerprint density at radius 3 is 2.44 bits per heavy atom. The second-order valence-electron chi connectivity index (χ2n) is 5.63. The summed E-state index contributed by atoms with van der Waals surface area (Å²) >= 11 is 12.3. The molecule has 3 aromatic rings. The monoisotopic (exact) mass is 373 g/mol. The van der Waals surface area contributed by atoms with Gasteiger partial charge in [0.05, 0.1) is 16.9 Å². The van der Waals surface area contributed by atoms with E-state index in [1.165, 1.54) is 0 Å². The molecule has 0 unspecified atom stereocenters. The topological polar surface area (TPSA) is 46.9 Å². The van der Waals surface area contributed by atoms with E-state index < -0.39 is 0 Å². The summed E-state index contributed by atoms with van der Waals surface area (Å²) in [5, 5.41) is 8.30. The molecule has 2 aromatic carbocycles. The third kappa shape index (κ3) is 4.03. The van der Waals surface area contributed by atoms with Crippen molar-refractivity contribution in [3.8, 4) is 5.69 Å². The molecule has 0 saturated carbocycles. The lowest BCUT2D eigenvalue weighted by molar-refractivity contribution is 0.0953. The Morgan fingerprint density at radius 2 is 1.76 bits per heavy atom. The summed E-state index contributed by atoms with van der Waals surface area (Å²) in [6, 6.07) is 17.1. The Morgan fingerprint density at radius 1 is 1.08 bits per heavy atom. The first-order valence-electron chi connectivity index (χ1n) is 7.89. The van der Waals surface area contributed by atoms with Gasteiger partial charge in [0.2, 0.25) is 0 Å². The minimum Gasteiger partial charge on any atom is -0.352 e. The SMILES string of the molecule is Cc1nn(-c2ccccc2)c(Cl)c1C(=O)NCCc1ccc(Cl)cc1. The van der Waals surface area contributed by atoms with Crippen molar-refractivity contribution < 1.29 is 4.79 Å². The Bertz CT molecular complexity index is 874. The van der Waals surface area contributed by atoms with Crippen LogP contribution in [0.3, 0.4) is 0 Å². The molecule has 1 aromatic heterocycles. The van der Waals surface area contributed by atoms with Gasteiger partial charge >= 0.3 is 0 Å². The summed E-state index contributed by atoms with van der Waals surface area (Å²) in [6.07, 6.45) is 0.715. The van der Waals surface area contributed by atoms with Gasteiger partial charge in [-0.25, -0.2) is 4.68 Å². The van der Waals surface area contributed by atoms with E-state index in [0.29, 0.717) is 34.4 Å². The number of benzene rings is 2. The highest BCUT2D eigenvalue weighted by atomic mass is 35.5.